The topological polar surface area (TPSA) is 62.5 Å². The molecule has 0 amide bonds. The molecule has 4 nitrogen and oxygen atoms in total. The molecule has 0 atom stereocenters. The third-order valence-corrected chi connectivity index (χ3v) is 5.65. The maximum Gasteiger partial charge on any atom is 0.175 e. The number of hydrogen-bond donors (Lipinski definition) is 0. The predicted octanol–water partition coefficient (Wildman–Crippen LogP) is 3.83. The molecule has 0 bridgehead atoms. The Morgan fingerprint density at radius 1 is 1.30 bits per heavy atom. The van der Waals surface area contributed by atoms with Gasteiger partial charge in [-0.2, -0.15) is 5.26 Å². The summed E-state index contributed by atoms with van der Waals surface area (Å²) >= 11 is 4.73. The molecular formula is C13H8N4S3. The van der Waals surface area contributed by atoms with Gasteiger partial charge in [-0.1, -0.05) is 29.6 Å². The number of thioether (sulfide) groups is 1. The number of hydrogen-bond acceptors (Lipinski definition) is 7. The van der Waals surface area contributed by atoms with Gasteiger partial charge in [0.1, 0.15) is 16.1 Å². The SMILES string of the molecule is CSc1nc2ncnc(Sc3cccc(C#N)c3)c2s1. The summed E-state index contributed by atoms with van der Waals surface area (Å²) in [6.45, 7) is 0. The number of aromatic nitrogens is 3. The van der Waals surface area contributed by atoms with E-state index in [9.17, 15) is 0 Å². The first-order valence-electron chi connectivity index (χ1n) is 5.63. The lowest BCUT2D eigenvalue weighted by atomic mass is 10.2. The highest BCUT2D eigenvalue weighted by Gasteiger charge is 2.11. The van der Waals surface area contributed by atoms with E-state index in [0.717, 1.165) is 24.6 Å². The average Bonchev–Trinajstić information content (AvgIpc) is 2.92. The molecule has 7 heteroatoms. The van der Waals surface area contributed by atoms with Crippen LogP contribution in [0.1, 0.15) is 5.56 Å². The molecule has 2 heterocycles. The van der Waals surface area contributed by atoms with Crippen LogP contribution in [0.25, 0.3) is 10.3 Å². The van der Waals surface area contributed by atoms with Gasteiger partial charge >= 0.3 is 0 Å². The van der Waals surface area contributed by atoms with Crippen LogP contribution in [-0.2, 0) is 0 Å². The van der Waals surface area contributed by atoms with Crippen LogP contribution in [0.5, 0.6) is 0 Å². The van der Waals surface area contributed by atoms with Crippen molar-refractivity contribution >= 4 is 45.2 Å². The van der Waals surface area contributed by atoms with Gasteiger partial charge in [0.15, 0.2) is 9.99 Å². The Labute approximate surface area is 128 Å². The summed E-state index contributed by atoms with van der Waals surface area (Å²) in [4.78, 5) is 14.0. The number of nitriles is 1. The van der Waals surface area contributed by atoms with E-state index in [4.69, 9.17) is 5.26 Å². The van der Waals surface area contributed by atoms with E-state index in [1.54, 1.807) is 29.2 Å². The molecule has 0 spiro atoms. The number of benzene rings is 1. The third kappa shape index (κ3) is 2.63. The first-order valence-corrected chi connectivity index (χ1v) is 8.49. The smallest absolute Gasteiger partial charge is 0.175 e. The summed E-state index contributed by atoms with van der Waals surface area (Å²) < 4.78 is 1.97. The van der Waals surface area contributed by atoms with Gasteiger partial charge in [0.2, 0.25) is 0 Å². The summed E-state index contributed by atoms with van der Waals surface area (Å²) in [5, 5.41) is 9.82. The van der Waals surface area contributed by atoms with Crippen LogP contribution in [0.2, 0.25) is 0 Å². The van der Waals surface area contributed by atoms with Gasteiger partial charge < -0.3 is 0 Å². The molecule has 0 N–H and O–H groups in total. The monoisotopic (exact) mass is 316 g/mol. The average molecular weight is 316 g/mol. The second-order valence-electron chi connectivity index (χ2n) is 3.76. The lowest BCUT2D eigenvalue weighted by Crippen LogP contribution is -1.84. The summed E-state index contributed by atoms with van der Waals surface area (Å²) in [6.07, 6.45) is 3.52. The van der Waals surface area contributed by atoms with Crippen molar-refractivity contribution in [2.75, 3.05) is 6.26 Å². The van der Waals surface area contributed by atoms with Crippen LogP contribution >= 0.6 is 34.9 Å². The number of thiazole rings is 1. The summed E-state index contributed by atoms with van der Waals surface area (Å²) in [5.41, 5.74) is 1.38. The fourth-order valence-corrected chi connectivity index (χ4v) is 4.10. The van der Waals surface area contributed by atoms with E-state index in [1.165, 1.54) is 18.1 Å². The van der Waals surface area contributed by atoms with Crippen molar-refractivity contribution in [2.45, 2.75) is 14.3 Å². The van der Waals surface area contributed by atoms with Crippen LogP contribution < -0.4 is 0 Å². The minimum absolute atomic E-state index is 0.648. The second kappa shape index (κ2) is 5.79. The van der Waals surface area contributed by atoms with Gasteiger partial charge in [0, 0.05) is 4.90 Å². The second-order valence-corrected chi connectivity index (χ2v) is 6.87. The Kier molecular flexibility index (Phi) is 3.87. The van der Waals surface area contributed by atoms with E-state index in [-0.39, 0.29) is 0 Å². The van der Waals surface area contributed by atoms with Gasteiger partial charge in [-0.15, -0.1) is 11.3 Å². The first-order chi connectivity index (χ1) is 9.80. The van der Waals surface area contributed by atoms with Crippen molar-refractivity contribution < 1.29 is 0 Å². The van der Waals surface area contributed by atoms with E-state index in [2.05, 4.69) is 21.0 Å². The summed E-state index contributed by atoms with van der Waals surface area (Å²) in [7, 11) is 0. The van der Waals surface area contributed by atoms with Crippen LogP contribution in [0.3, 0.4) is 0 Å². The quantitative estimate of drug-likeness (QED) is 0.540. The van der Waals surface area contributed by atoms with Gasteiger partial charge in [-0.25, -0.2) is 15.0 Å². The molecule has 0 saturated carbocycles. The Bertz CT molecular complexity index is 807. The normalized spacial score (nSPS) is 10.6. The standard InChI is InChI=1S/C13H8N4S3/c1-18-13-17-11-10(20-13)12(16-7-15-11)19-9-4-2-3-8(5-9)6-14/h2-5,7H,1H3. The van der Waals surface area contributed by atoms with Gasteiger partial charge in [0.25, 0.3) is 0 Å². The van der Waals surface area contributed by atoms with E-state index >= 15 is 0 Å². The number of nitrogens with zero attached hydrogens (tertiary/aromatic N) is 4. The molecule has 0 radical (unpaired) electrons. The Morgan fingerprint density at radius 3 is 3.00 bits per heavy atom. The minimum atomic E-state index is 0.648. The lowest BCUT2D eigenvalue weighted by molar-refractivity contribution is 1.09. The molecule has 1 aromatic carbocycles. The van der Waals surface area contributed by atoms with Crippen molar-refractivity contribution in [3.05, 3.63) is 36.2 Å². The van der Waals surface area contributed by atoms with Crippen LogP contribution in [0.15, 0.2) is 44.9 Å². The van der Waals surface area contributed by atoms with Gasteiger partial charge in [-0.3, -0.25) is 0 Å². The highest BCUT2D eigenvalue weighted by atomic mass is 32.2. The molecule has 0 aliphatic heterocycles. The fourth-order valence-electron chi connectivity index (χ4n) is 1.62. The van der Waals surface area contributed by atoms with Crippen LogP contribution in [0, 0.1) is 11.3 Å². The molecule has 0 aliphatic rings. The summed E-state index contributed by atoms with van der Waals surface area (Å²) in [6, 6.07) is 9.63. The highest BCUT2D eigenvalue weighted by Crippen LogP contribution is 2.36. The van der Waals surface area contributed by atoms with Crippen molar-refractivity contribution in [1.82, 2.24) is 15.0 Å². The van der Waals surface area contributed by atoms with Crippen LogP contribution in [0.4, 0.5) is 0 Å². The maximum absolute atomic E-state index is 8.94. The fraction of sp³-hybridized carbons (Fsp3) is 0.0769. The van der Waals surface area contributed by atoms with E-state index in [0.29, 0.717) is 5.56 Å². The Hall–Kier alpha value is -1.62. The number of fused-ring (bicyclic) bond motifs is 1. The molecule has 0 fully saturated rings. The molecular weight excluding hydrogens is 308 g/mol. The molecule has 3 rings (SSSR count). The largest absolute Gasteiger partial charge is 0.228 e. The molecule has 20 heavy (non-hydrogen) atoms. The van der Waals surface area contributed by atoms with Gasteiger partial charge in [-0.05, 0) is 24.5 Å². The summed E-state index contributed by atoms with van der Waals surface area (Å²) in [5.74, 6) is 0. The maximum atomic E-state index is 8.94. The molecule has 0 unspecified atom stereocenters. The van der Waals surface area contributed by atoms with Crippen molar-refractivity contribution in [2.24, 2.45) is 0 Å². The molecule has 0 saturated heterocycles. The zero-order valence-corrected chi connectivity index (χ0v) is 12.8. The zero-order valence-electron chi connectivity index (χ0n) is 10.4. The van der Waals surface area contributed by atoms with Crippen LogP contribution in [-0.4, -0.2) is 21.2 Å². The van der Waals surface area contributed by atoms with Crippen molar-refractivity contribution in [3.63, 3.8) is 0 Å². The zero-order chi connectivity index (χ0) is 13.9. The molecule has 0 aliphatic carbocycles. The van der Waals surface area contributed by atoms with E-state index < -0.39 is 0 Å². The Balaban J connectivity index is 2.01. The van der Waals surface area contributed by atoms with Crippen molar-refractivity contribution in [3.8, 4) is 6.07 Å². The minimum Gasteiger partial charge on any atom is -0.228 e. The molecule has 98 valence electrons. The Morgan fingerprint density at radius 2 is 2.20 bits per heavy atom. The predicted molar refractivity (Wildman–Crippen MR) is 82.3 cm³/mol. The third-order valence-electron chi connectivity index (χ3n) is 2.49. The van der Waals surface area contributed by atoms with Crippen molar-refractivity contribution in [1.29, 1.82) is 5.26 Å². The molecule has 3 aromatic rings. The van der Waals surface area contributed by atoms with E-state index in [1.807, 2.05) is 24.5 Å². The first kappa shape index (κ1) is 13.4. The highest BCUT2D eigenvalue weighted by molar-refractivity contribution is 8.01. The molecule has 2 aromatic heterocycles. The lowest BCUT2D eigenvalue weighted by Gasteiger charge is -2.01. The van der Waals surface area contributed by atoms with Gasteiger partial charge in [0.05, 0.1) is 11.6 Å². The number of rotatable bonds is 3.